The number of fused-ring (bicyclic) bond motifs is 1. The Morgan fingerprint density at radius 2 is 1.79 bits per heavy atom. The zero-order valence-corrected chi connectivity index (χ0v) is 25.7. The molecule has 0 amide bonds. The van der Waals surface area contributed by atoms with Crippen LogP contribution < -0.4 is 15.0 Å². The van der Waals surface area contributed by atoms with Crippen molar-refractivity contribution in [2.45, 2.75) is 26.8 Å². The van der Waals surface area contributed by atoms with Crippen LogP contribution in [-0.2, 0) is 16.1 Å². The second kappa shape index (κ2) is 13.6. The molecule has 222 valence electrons. The van der Waals surface area contributed by atoms with Crippen LogP contribution in [0.3, 0.4) is 0 Å². The fourth-order valence-electron chi connectivity index (χ4n) is 5.50. The summed E-state index contributed by atoms with van der Waals surface area (Å²) in [5.41, 5.74) is 8.77. The van der Waals surface area contributed by atoms with Gasteiger partial charge in [0.2, 0.25) is 0 Å². The number of hydrogen-bond acceptors (Lipinski definition) is 8. The Labute approximate surface area is 251 Å². The number of carboxylic acid groups (broad SMARTS) is 1. The third-order valence-electron chi connectivity index (χ3n) is 7.78. The van der Waals surface area contributed by atoms with Gasteiger partial charge in [0.05, 0.1) is 36.6 Å². The summed E-state index contributed by atoms with van der Waals surface area (Å²) in [4.78, 5) is 20.5. The molecule has 1 saturated heterocycles. The van der Waals surface area contributed by atoms with Gasteiger partial charge in [0, 0.05) is 51.5 Å². The number of benzene rings is 3. The molecule has 2 heterocycles. The van der Waals surface area contributed by atoms with Gasteiger partial charge in [0.25, 0.3) is 0 Å². The van der Waals surface area contributed by atoms with Crippen LogP contribution in [0.2, 0.25) is 0 Å². The molecule has 42 heavy (non-hydrogen) atoms. The zero-order chi connectivity index (χ0) is 29.6. The van der Waals surface area contributed by atoms with Crippen LogP contribution in [0.5, 0.6) is 5.75 Å². The molecule has 1 aliphatic rings. The van der Waals surface area contributed by atoms with Gasteiger partial charge in [0.1, 0.15) is 10.8 Å². The van der Waals surface area contributed by atoms with Crippen LogP contribution in [0.1, 0.15) is 23.1 Å². The highest BCUT2D eigenvalue weighted by atomic mass is 32.1. The van der Waals surface area contributed by atoms with Crippen molar-refractivity contribution in [2.24, 2.45) is 0 Å². The second-order valence-corrected chi connectivity index (χ2v) is 12.0. The molecule has 4 aromatic rings. The Balaban J connectivity index is 1.37. The van der Waals surface area contributed by atoms with E-state index in [9.17, 15) is 4.79 Å². The zero-order valence-electron chi connectivity index (χ0n) is 24.9. The smallest absolute Gasteiger partial charge is 0.317 e. The third-order valence-corrected chi connectivity index (χ3v) is 8.83. The summed E-state index contributed by atoms with van der Waals surface area (Å²) in [6, 6.07) is 16.9. The molecule has 2 N–H and O–H groups in total. The lowest BCUT2D eigenvalue weighted by atomic mass is 9.93. The molecule has 0 saturated carbocycles. The van der Waals surface area contributed by atoms with Gasteiger partial charge in [-0.3, -0.25) is 9.69 Å². The number of nitrogens with zero attached hydrogens (tertiary/aromatic N) is 3. The lowest BCUT2D eigenvalue weighted by Gasteiger charge is -2.26. The summed E-state index contributed by atoms with van der Waals surface area (Å²) in [6.45, 7) is 10.0. The minimum Gasteiger partial charge on any atom is -0.493 e. The van der Waals surface area contributed by atoms with Gasteiger partial charge in [-0.1, -0.05) is 30.3 Å². The van der Waals surface area contributed by atoms with E-state index in [2.05, 4.69) is 77.5 Å². The maximum atomic E-state index is 11.0. The summed E-state index contributed by atoms with van der Waals surface area (Å²) in [7, 11) is 4.00. The van der Waals surface area contributed by atoms with E-state index >= 15 is 0 Å². The number of morpholine rings is 1. The molecule has 0 radical (unpaired) electrons. The molecular weight excluding hydrogens is 548 g/mol. The Morgan fingerprint density at radius 3 is 2.52 bits per heavy atom. The minimum absolute atomic E-state index is 0.0840. The summed E-state index contributed by atoms with van der Waals surface area (Å²) in [5.74, 6) is 0.0596. The molecule has 3 aromatic carbocycles. The number of thiazole rings is 1. The van der Waals surface area contributed by atoms with Crippen LogP contribution in [0, 0.1) is 13.8 Å². The fourth-order valence-corrected chi connectivity index (χ4v) is 6.56. The Hall–Kier alpha value is -3.50. The maximum absolute atomic E-state index is 11.0. The summed E-state index contributed by atoms with van der Waals surface area (Å²) in [6.07, 6.45) is 0.989. The molecule has 0 spiro atoms. The first kappa shape index (κ1) is 30.0. The monoisotopic (exact) mass is 588 g/mol. The van der Waals surface area contributed by atoms with E-state index in [1.807, 2.05) is 14.1 Å². The van der Waals surface area contributed by atoms with Crippen LogP contribution in [-0.4, -0.2) is 81.1 Å². The van der Waals surface area contributed by atoms with Crippen molar-refractivity contribution in [1.82, 2.24) is 15.2 Å². The highest BCUT2D eigenvalue weighted by molar-refractivity contribution is 7.21. The van der Waals surface area contributed by atoms with Gasteiger partial charge in [-0.15, -0.1) is 11.3 Å². The van der Waals surface area contributed by atoms with Crippen molar-refractivity contribution in [2.75, 3.05) is 65.0 Å². The van der Waals surface area contributed by atoms with Gasteiger partial charge in [0.15, 0.2) is 0 Å². The lowest BCUT2D eigenvalue weighted by Crippen LogP contribution is -2.37. The Kier molecular flexibility index (Phi) is 9.74. The molecule has 0 atom stereocenters. The molecule has 0 unspecified atom stereocenters. The van der Waals surface area contributed by atoms with E-state index < -0.39 is 5.97 Å². The normalized spacial score (nSPS) is 13.9. The lowest BCUT2D eigenvalue weighted by molar-refractivity contribution is -0.136. The summed E-state index contributed by atoms with van der Waals surface area (Å²) >= 11 is 1.68. The molecule has 0 bridgehead atoms. The molecule has 1 fully saturated rings. The van der Waals surface area contributed by atoms with Crippen molar-refractivity contribution in [3.8, 4) is 27.4 Å². The summed E-state index contributed by atoms with van der Waals surface area (Å²) < 4.78 is 12.8. The first-order chi connectivity index (χ1) is 20.3. The third kappa shape index (κ3) is 6.93. The fraction of sp³-hybridized carbons (Fsp3) is 0.394. The Morgan fingerprint density at radius 1 is 1.07 bits per heavy atom. The summed E-state index contributed by atoms with van der Waals surface area (Å²) in [5, 5.41) is 13.0. The second-order valence-electron chi connectivity index (χ2n) is 10.9. The highest BCUT2D eigenvalue weighted by Crippen LogP contribution is 2.39. The van der Waals surface area contributed by atoms with Crippen LogP contribution >= 0.6 is 11.3 Å². The number of anilines is 1. The van der Waals surface area contributed by atoms with Crippen LogP contribution in [0.15, 0.2) is 48.5 Å². The maximum Gasteiger partial charge on any atom is 0.317 e. The van der Waals surface area contributed by atoms with E-state index in [0.29, 0.717) is 13.2 Å². The first-order valence-corrected chi connectivity index (χ1v) is 15.3. The van der Waals surface area contributed by atoms with Crippen molar-refractivity contribution in [3.63, 3.8) is 0 Å². The number of rotatable bonds is 12. The molecule has 0 aliphatic carbocycles. The molecule has 5 rings (SSSR count). The van der Waals surface area contributed by atoms with E-state index in [0.717, 1.165) is 82.6 Å². The number of carbonyl (C=O) groups is 1. The van der Waals surface area contributed by atoms with Gasteiger partial charge < -0.3 is 24.8 Å². The van der Waals surface area contributed by atoms with E-state index in [4.69, 9.17) is 19.6 Å². The number of hydrogen-bond donors (Lipinski definition) is 2. The number of aliphatic carboxylic acids is 1. The van der Waals surface area contributed by atoms with Gasteiger partial charge >= 0.3 is 5.97 Å². The number of carboxylic acids is 1. The van der Waals surface area contributed by atoms with Crippen molar-refractivity contribution >= 4 is 33.2 Å². The van der Waals surface area contributed by atoms with E-state index in [-0.39, 0.29) is 6.54 Å². The number of nitrogens with one attached hydrogen (secondary N) is 1. The molecule has 9 heteroatoms. The van der Waals surface area contributed by atoms with Gasteiger partial charge in [-0.25, -0.2) is 4.98 Å². The average molecular weight is 589 g/mol. The number of aromatic nitrogens is 1. The molecule has 1 aromatic heterocycles. The van der Waals surface area contributed by atoms with E-state index in [1.165, 1.54) is 16.7 Å². The molecule has 8 nitrogen and oxygen atoms in total. The van der Waals surface area contributed by atoms with Gasteiger partial charge in [-0.2, -0.15) is 0 Å². The van der Waals surface area contributed by atoms with Gasteiger partial charge in [-0.05, 0) is 66.3 Å². The van der Waals surface area contributed by atoms with E-state index in [1.54, 1.807) is 11.3 Å². The topological polar surface area (TPSA) is 87.2 Å². The first-order valence-electron chi connectivity index (χ1n) is 14.5. The predicted molar refractivity (Wildman–Crippen MR) is 171 cm³/mol. The van der Waals surface area contributed by atoms with Crippen LogP contribution in [0.25, 0.3) is 31.9 Å². The van der Waals surface area contributed by atoms with Crippen molar-refractivity contribution in [1.29, 1.82) is 0 Å². The Bertz CT molecular complexity index is 1540. The predicted octanol–water partition coefficient (Wildman–Crippen LogP) is 5.59. The quantitative estimate of drug-likeness (QED) is 0.207. The molecule has 1 aliphatic heterocycles. The largest absolute Gasteiger partial charge is 0.493 e. The SMILES string of the molecule is Cc1c(OCCCN2CCOCC2)cccc1-c1cccc(-c2nc3cc(CNCC(=O)O)c(N(C)C)cc3s2)c1C. The van der Waals surface area contributed by atoms with Crippen LogP contribution in [0.4, 0.5) is 5.69 Å². The van der Waals surface area contributed by atoms with Crippen molar-refractivity contribution < 1.29 is 19.4 Å². The molecular formula is C33H40N4O4S. The van der Waals surface area contributed by atoms with Crippen molar-refractivity contribution in [3.05, 3.63) is 65.2 Å². The average Bonchev–Trinajstić information content (AvgIpc) is 3.39. The minimum atomic E-state index is -0.870. The standard InChI is InChI=1S/C33H40N4O4S/c1-22-25(26-9-6-11-30(23(26)2)41-15-7-12-37-13-16-40-17-14-37)8-5-10-27(22)33-35-28-18-24(20-34-21-32(38)39)29(36(3)4)19-31(28)42-33/h5-6,8-11,18-19,34H,7,12-17,20-21H2,1-4H3,(H,38,39). The number of ether oxygens (including phenoxy) is 2. The highest BCUT2D eigenvalue weighted by Gasteiger charge is 2.17.